The zero-order chi connectivity index (χ0) is 13.8. The maximum absolute atomic E-state index is 13.7. The van der Waals surface area contributed by atoms with Crippen LogP contribution < -0.4 is 10.6 Å². The standard InChI is InChI=1S/C15H21FN2O/c1-10(2)15(19)18-14-9-12(3-4-13(14)16)11-5-7-17-8-6-11/h3-4,9-11,17H,5-8H2,1-2H3,(H,18,19). The van der Waals surface area contributed by atoms with E-state index in [0.717, 1.165) is 31.5 Å². The predicted octanol–water partition coefficient (Wildman–Crippen LogP) is 2.89. The fourth-order valence-electron chi connectivity index (χ4n) is 2.32. The number of amides is 1. The van der Waals surface area contributed by atoms with Crippen molar-refractivity contribution in [3.8, 4) is 0 Å². The van der Waals surface area contributed by atoms with Gasteiger partial charge >= 0.3 is 0 Å². The molecule has 4 heteroatoms. The normalized spacial score (nSPS) is 16.6. The van der Waals surface area contributed by atoms with E-state index in [-0.39, 0.29) is 17.6 Å². The molecule has 0 aromatic heterocycles. The number of rotatable bonds is 3. The Hall–Kier alpha value is -1.42. The molecule has 0 aliphatic carbocycles. The summed E-state index contributed by atoms with van der Waals surface area (Å²) in [7, 11) is 0. The molecular weight excluding hydrogens is 243 g/mol. The average Bonchev–Trinajstić information content (AvgIpc) is 2.42. The molecule has 0 saturated carbocycles. The molecule has 1 fully saturated rings. The van der Waals surface area contributed by atoms with E-state index in [9.17, 15) is 9.18 Å². The summed E-state index contributed by atoms with van der Waals surface area (Å²) in [6.07, 6.45) is 2.12. The quantitative estimate of drug-likeness (QED) is 0.881. The van der Waals surface area contributed by atoms with Crippen LogP contribution in [0.4, 0.5) is 10.1 Å². The number of nitrogens with one attached hydrogen (secondary N) is 2. The van der Waals surface area contributed by atoms with E-state index in [4.69, 9.17) is 0 Å². The Bertz CT molecular complexity index is 453. The highest BCUT2D eigenvalue weighted by molar-refractivity contribution is 5.92. The summed E-state index contributed by atoms with van der Waals surface area (Å²) in [6.45, 7) is 5.58. The van der Waals surface area contributed by atoms with Crippen molar-refractivity contribution in [1.82, 2.24) is 5.32 Å². The van der Waals surface area contributed by atoms with Crippen LogP contribution in [0.15, 0.2) is 18.2 Å². The molecule has 104 valence electrons. The molecule has 2 N–H and O–H groups in total. The van der Waals surface area contributed by atoms with Crippen LogP contribution >= 0.6 is 0 Å². The Balaban J connectivity index is 2.16. The number of hydrogen-bond donors (Lipinski definition) is 2. The van der Waals surface area contributed by atoms with Gasteiger partial charge in [0.15, 0.2) is 0 Å². The molecule has 1 aliphatic heterocycles. The molecule has 1 aromatic rings. The first-order valence-corrected chi connectivity index (χ1v) is 6.89. The molecule has 0 radical (unpaired) electrons. The largest absolute Gasteiger partial charge is 0.323 e. The maximum Gasteiger partial charge on any atom is 0.227 e. The maximum atomic E-state index is 13.7. The smallest absolute Gasteiger partial charge is 0.227 e. The van der Waals surface area contributed by atoms with E-state index in [1.165, 1.54) is 6.07 Å². The minimum absolute atomic E-state index is 0.151. The van der Waals surface area contributed by atoms with Gasteiger partial charge in [-0.1, -0.05) is 19.9 Å². The summed E-state index contributed by atoms with van der Waals surface area (Å²) >= 11 is 0. The van der Waals surface area contributed by atoms with E-state index in [1.54, 1.807) is 19.9 Å². The Morgan fingerprint density at radius 1 is 1.37 bits per heavy atom. The lowest BCUT2D eigenvalue weighted by molar-refractivity contribution is -0.118. The van der Waals surface area contributed by atoms with Gasteiger partial charge in [0.1, 0.15) is 5.82 Å². The van der Waals surface area contributed by atoms with Gasteiger partial charge in [0.2, 0.25) is 5.91 Å². The Morgan fingerprint density at radius 3 is 2.68 bits per heavy atom. The zero-order valence-electron chi connectivity index (χ0n) is 11.5. The Labute approximate surface area is 113 Å². The number of hydrogen-bond acceptors (Lipinski definition) is 2. The minimum Gasteiger partial charge on any atom is -0.323 e. The van der Waals surface area contributed by atoms with Crippen molar-refractivity contribution >= 4 is 11.6 Å². The van der Waals surface area contributed by atoms with Gasteiger partial charge in [0.05, 0.1) is 5.69 Å². The topological polar surface area (TPSA) is 41.1 Å². The Morgan fingerprint density at radius 2 is 2.05 bits per heavy atom. The summed E-state index contributed by atoms with van der Waals surface area (Å²) in [4.78, 5) is 11.7. The highest BCUT2D eigenvalue weighted by Gasteiger charge is 2.17. The lowest BCUT2D eigenvalue weighted by Crippen LogP contribution is -2.26. The number of carbonyl (C=O) groups excluding carboxylic acids is 1. The van der Waals surface area contributed by atoms with Gasteiger partial charge in [-0.15, -0.1) is 0 Å². The van der Waals surface area contributed by atoms with E-state index < -0.39 is 0 Å². The van der Waals surface area contributed by atoms with Crippen molar-refractivity contribution in [1.29, 1.82) is 0 Å². The highest BCUT2D eigenvalue weighted by atomic mass is 19.1. The second-order valence-corrected chi connectivity index (χ2v) is 5.41. The Kier molecular flexibility index (Phi) is 4.53. The summed E-state index contributed by atoms with van der Waals surface area (Å²) in [5, 5.41) is 5.97. The monoisotopic (exact) mass is 264 g/mol. The van der Waals surface area contributed by atoms with Gasteiger partial charge in [-0.2, -0.15) is 0 Å². The second-order valence-electron chi connectivity index (χ2n) is 5.41. The van der Waals surface area contributed by atoms with Gasteiger partial charge in [-0.05, 0) is 49.5 Å². The van der Waals surface area contributed by atoms with Crippen LogP contribution in [0.2, 0.25) is 0 Å². The second kappa shape index (κ2) is 6.15. The summed E-state index contributed by atoms with van der Waals surface area (Å²) in [5.74, 6) is -0.216. The van der Waals surface area contributed by atoms with E-state index in [2.05, 4.69) is 10.6 Å². The van der Waals surface area contributed by atoms with Crippen LogP contribution in [0.3, 0.4) is 0 Å². The fourth-order valence-corrected chi connectivity index (χ4v) is 2.32. The summed E-state index contributed by atoms with van der Waals surface area (Å²) in [5.41, 5.74) is 1.41. The van der Waals surface area contributed by atoms with E-state index in [1.807, 2.05) is 6.07 Å². The summed E-state index contributed by atoms with van der Waals surface area (Å²) in [6, 6.07) is 5.06. The van der Waals surface area contributed by atoms with E-state index >= 15 is 0 Å². The number of benzene rings is 1. The molecule has 0 spiro atoms. The molecule has 1 saturated heterocycles. The van der Waals surface area contributed by atoms with Crippen LogP contribution in [-0.2, 0) is 4.79 Å². The first-order valence-electron chi connectivity index (χ1n) is 6.89. The molecule has 0 atom stereocenters. The third-order valence-electron chi connectivity index (χ3n) is 3.58. The zero-order valence-corrected chi connectivity index (χ0v) is 11.5. The molecule has 1 heterocycles. The van der Waals surface area contributed by atoms with Gasteiger partial charge < -0.3 is 10.6 Å². The average molecular weight is 264 g/mol. The fraction of sp³-hybridized carbons (Fsp3) is 0.533. The van der Waals surface area contributed by atoms with Crippen LogP contribution in [0.5, 0.6) is 0 Å². The van der Waals surface area contributed by atoms with Crippen LogP contribution in [0.1, 0.15) is 38.2 Å². The lowest BCUT2D eigenvalue weighted by atomic mass is 9.90. The minimum atomic E-state index is -0.369. The lowest BCUT2D eigenvalue weighted by Gasteiger charge is -2.23. The first kappa shape index (κ1) is 14.0. The first-order chi connectivity index (χ1) is 9.08. The van der Waals surface area contributed by atoms with Crippen molar-refractivity contribution in [2.45, 2.75) is 32.6 Å². The number of piperidine rings is 1. The molecule has 0 bridgehead atoms. The van der Waals surface area contributed by atoms with Gasteiger partial charge in [0.25, 0.3) is 0 Å². The molecule has 2 rings (SSSR count). The van der Waals surface area contributed by atoms with Crippen molar-refractivity contribution in [3.63, 3.8) is 0 Å². The van der Waals surface area contributed by atoms with Crippen molar-refractivity contribution < 1.29 is 9.18 Å². The number of carbonyl (C=O) groups is 1. The van der Waals surface area contributed by atoms with Crippen molar-refractivity contribution in [2.24, 2.45) is 5.92 Å². The van der Waals surface area contributed by atoms with Crippen LogP contribution in [-0.4, -0.2) is 19.0 Å². The molecule has 3 nitrogen and oxygen atoms in total. The molecule has 19 heavy (non-hydrogen) atoms. The molecule has 1 aliphatic rings. The third-order valence-corrected chi connectivity index (χ3v) is 3.58. The SMILES string of the molecule is CC(C)C(=O)Nc1cc(C2CCNCC2)ccc1F. The molecule has 1 amide bonds. The number of halogens is 1. The molecule has 0 unspecified atom stereocenters. The van der Waals surface area contributed by atoms with Crippen LogP contribution in [0.25, 0.3) is 0 Å². The third kappa shape index (κ3) is 3.53. The van der Waals surface area contributed by atoms with Crippen molar-refractivity contribution in [2.75, 3.05) is 18.4 Å². The number of anilines is 1. The van der Waals surface area contributed by atoms with Crippen molar-refractivity contribution in [3.05, 3.63) is 29.6 Å². The van der Waals surface area contributed by atoms with E-state index in [0.29, 0.717) is 11.6 Å². The van der Waals surface area contributed by atoms with Gasteiger partial charge in [-0.25, -0.2) is 4.39 Å². The highest BCUT2D eigenvalue weighted by Crippen LogP contribution is 2.28. The predicted molar refractivity (Wildman–Crippen MR) is 74.7 cm³/mol. The van der Waals surface area contributed by atoms with Gasteiger partial charge in [0, 0.05) is 5.92 Å². The molecular formula is C15H21FN2O. The van der Waals surface area contributed by atoms with Crippen LogP contribution in [0, 0.1) is 11.7 Å². The van der Waals surface area contributed by atoms with Gasteiger partial charge in [-0.3, -0.25) is 4.79 Å². The summed E-state index contributed by atoms with van der Waals surface area (Å²) < 4.78 is 13.7. The molecule has 1 aromatic carbocycles.